The van der Waals surface area contributed by atoms with Crippen molar-refractivity contribution in [1.82, 2.24) is 9.97 Å². The van der Waals surface area contributed by atoms with Gasteiger partial charge in [0.25, 0.3) is 0 Å². The number of nitrogens with zero attached hydrogens (tertiary/aromatic N) is 2. The normalized spacial score (nSPS) is 10.2. The molecule has 0 spiro atoms. The average molecular weight is 259 g/mol. The maximum Gasteiger partial charge on any atom is 0.325 e. The van der Waals surface area contributed by atoms with Crippen LogP contribution >= 0.6 is 0 Å². The highest BCUT2D eigenvalue weighted by atomic mass is 16.5. The van der Waals surface area contributed by atoms with Gasteiger partial charge in [-0.3, -0.25) is 0 Å². The molecule has 1 heterocycles. The molecule has 0 amide bonds. The van der Waals surface area contributed by atoms with Gasteiger partial charge in [0.1, 0.15) is 5.75 Å². The van der Waals surface area contributed by atoms with E-state index in [0.717, 1.165) is 6.42 Å². The monoisotopic (exact) mass is 259 g/mol. The van der Waals surface area contributed by atoms with Gasteiger partial charge >= 0.3 is 6.01 Å². The molecule has 0 saturated heterocycles. The van der Waals surface area contributed by atoms with Crippen molar-refractivity contribution in [3.05, 3.63) is 42.1 Å². The lowest BCUT2D eigenvalue weighted by Crippen LogP contribution is -2.02. The van der Waals surface area contributed by atoms with Crippen molar-refractivity contribution in [3.8, 4) is 17.6 Å². The van der Waals surface area contributed by atoms with Crippen molar-refractivity contribution < 1.29 is 9.47 Å². The van der Waals surface area contributed by atoms with Gasteiger partial charge in [0, 0.05) is 12.3 Å². The second-order valence-electron chi connectivity index (χ2n) is 3.90. The second kappa shape index (κ2) is 6.70. The molecular formula is C14H17N3O2. The molecule has 0 bridgehead atoms. The van der Waals surface area contributed by atoms with Crippen molar-refractivity contribution in [2.45, 2.75) is 13.3 Å². The smallest absolute Gasteiger partial charge is 0.325 e. The van der Waals surface area contributed by atoms with E-state index in [0.29, 0.717) is 24.8 Å². The molecule has 0 aliphatic heterocycles. The van der Waals surface area contributed by atoms with Crippen LogP contribution < -0.4 is 15.2 Å². The minimum Gasteiger partial charge on any atom is -0.478 e. The molecule has 2 rings (SSSR count). The van der Waals surface area contributed by atoms with Gasteiger partial charge in [-0.25, -0.2) is 4.98 Å². The van der Waals surface area contributed by atoms with E-state index in [-0.39, 0.29) is 6.01 Å². The number of hydrogen-bond acceptors (Lipinski definition) is 5. The molecule has 0 saturated carbocycles. The molecule has 0 aliphatic rings. The SMILES string of the molecule is CCOc1ccnc(Oc2ccc(CCN)cc2)n1. The van der Waals surface area contributed by atoms with E-state index >= 15 is 0 Å². The Morgan fingerprint density at radius 2 is 1.95 bits per heavy atom. The number of rotatable bonds is 6. The number of ether oxygens (including phenoxy) is 2. The molecule has 0 unspecified atom stereocenters. The van der Waals surface area contributed by atoms with Crippen LogP contribution in [0.5, 0.6) is 17.6 Å². The van der Waals surface area contributed by atoms with Crippen LogP contribution in [-0.4, -0.2) is 23.1 Å². The highest BCUT2D eigenvalue weighted by molar-refractivity contribution is 5.29. The summed E-state index contributed by atoms with van der Waals surface area (Å²) in [5.41, 5.74) is 6.68. The van der Waals surface area contributed by atoms with Gasteiger partial charge in [-0.15, -0.1) is 0 Å². The Bertz CT molecular complexity index is 514. The zero-order valence-corrected chi connectivity index (χ0v) is 10.9. The first-order chi connectivity index (χ1) is 9.31. The van der Waals surface area contributed by atoms with Gasteiger partial charge in [-0.1, -0.05) is 12.1 Å². The molecule has 2 aromatic rings. The fourth-order valence-corrected chi connectivity index (χ4v) is 1.60. The summed E-state index contributed by atoms with van der Waals surface area (Å²) in [5.74, 6) is 1.20. The van der Waals surface area contributed by atoms with Crippen LogP contribution in [0.2, 0.25) is 0 Å². The Morgan fingerprint density at radius 1 is 1.16 bits per heavy atom. The molecule has 19 heavy (non-hydrogen) atoms. The summed E-state index contributed by atoms with van der Waals surface area (Å²) in [4.78, 5) is 8.18. The van der Waals surface area contributed by atoms with Crippen LogP contribution in [0.3, 0.4) is 0 Å². The Morgan fingerprint density at radius 3 is 2.63 bits per heavy atom. The maximum atomic E-state index is 5.57. The average Bonchev–Trinajstić information content (AvgIpc) is 2.42. The lowest BCUT2D eigenvalue weighted by molar-refractivity contribution is 0.318. The molecule has 0 radical (unpaired) electrons. The van der Waals surface area contributed by atoms with Gasteiger partial charge < -0.3 is 15.2 Å². The van der Waals surface area contributed by atoms with Crippen LogP contribution in [0.4, 0.5) is 0 Å². The van der Waals surface area contributed by atoms with E-state index in [1.165, 1.54) is 5.56 Å². The summed E-state index contributed by atoms with van der Waals surface area (Å²) in [5, 5.41) is 0. The molecule has 1 aromatic carbocycles. The predicted octanol–water partition coefficient (Wildman–Crippen LogP) is 2.17. The Balaban J connectivity index is 2.05. The maximum absolute atomic E-state index is 5.57. The zero-order valence-electron chi connectivity index (χ0n) is 10.9. The number of aromatic nitrogens is 2. The van der Waals surface area contributed by atoms with Crippen molar-refractivity contribution >= 4 is 0 Å². The van der Waals surface area contributed by atoms with E-state index in [1.807, 2.05) is 31.2 Å². The van der Waals surface area contributed by atoms with Crippen LogP contribution in [0.1, 0.15) is 12.5 Å². The van der Waals surface area contributed by atoms with Crippen LogP contribution in [0.15, 0.2) is 36.5 Å². The highest BCUT2D eigenvalue weighted by Gasteiger charge is 2.03. The summed E-state index contributed by atoms with van der Waals surface area (Å²) in [6.45, 7) is 3.10. The summed E-state index contributed by atoms with van der Waals surface area (Å²) >= 11 is 0. The van der Waals surface area contributed by atoms with E-state index in [2.05, 4.69) is 9.97 Å². The van der Waals surface area contributed by atoms with E-state index in [4.69, 9.17) is 15.2 Å². The first-order valence-corrected chi connectivity index (χ1v) is 6.24. The molecule has 2 N–H and O–H groups in total. The summed E-state index contributed by atoms with van der Waals surface area (Å²) < 4.78 is 10.9. The molecule has 100 valence electrons. The first-order valence-electron chi connectivity index (χ1n) is 6.24. The van der Waals surface area contributed by atoms with Crippen molar-refractivity contribution in [2.24, 2.45) is 5.73 Å². The molecule has 5 heteroatoms. The Hall–Kier alpha value is -2.14. The lowest BCUT2D eigenvalue weighted by Gasteiger charge is -2.06. The van der Waals surface area contributed by atoms with E-state index in [1.54, 1.807) is 12.3 Å². The van der Waals surface area contributed by atoms with Crippen molar-refractivity contribution in [3.63, 3.8) is 0 Å². The quantitative estimate of drug-likeness (QED) is 0.860. The Kier molecular flexibility index (Phi) is 4.69. The fraction of sp³-hybridized carbons (Fsp3) is 0.286. The molecule has 5 nitrogen and oxygen atoms in total. The Labute approximate surface area is 112 Å². The van der Waals surface area contributed by atoms with Crippen LogP contribution in [-0.2, 0) is 6.42 Å². The van der Waals surface area contributed by atoms with Gasteiger partial charge in [0.05, 0.1) is 6.61 Å². The van der Waals surface area contributed by atoms with Crippen LogP contribution in [0.25, 0.3) is 0 Å². The van der Waals surface area contributed by atoms with Crippen molar-refractivity contribution in [1.29, 1.82) is 0 Å². The largest absolute Gasteiger partial charge is 0.478 e. The highest BCUT2D eigenvalue weighted by Crippen LogP contribution is 2.19. The lowest BCUT2D eigenvalue weighted by atomic mass is 10.1. The van der Waals surface area contributed by atoms with Gasteiger partial charge in [-0.05, 0) is 37.6 Å². The third-order valence-electron chi connectivity index (χ3n) is 2.47. The van der Waals surface area contributed by atoms with Gasteiger partial charge in [-0.2, -0.15) is 4.98 Å². The molecule has 1 aromatic heterocycles. The first kappa shape index (κ1) is 13.3. The second-order valence-corrected chi connectivity index (χ2v) is 3.90. The summed E-state index contributed by atoms with van der Waals surface area (Å²) in [6.07, 6.45) is 2.47. The zero-order chi connectivity index (χ0) is 13.5. The molecule has 0 aliphatic carbocycles. The van der Waals surface area contributed by atoms with Gasteiger partial charge in [0.2, 0.25) is 5.88 Å². The van der Waals surface area contributed by atoms with Crippen LogP contribution in [0, 0.1) is 0 Å². The molecular weight excluding hydrogens is 242 g/mol. The number of benzene rings is 1. The summed E-state index contributed by atoms with van der Waals surface area (Å²) in [7, 11) is 0. The van der Waals surface area contributed by atoms with E-state index < -0.39 is 0 Å². The minimum absolute atomic E-state index is 0.275. The fourth-order valence-electron chi connectivity index (χ4n) is 1.60. The molecule has 0 fully saturated rings. The standard InChI is InChI=1S/C14H17N3O2/c1-2-18-13-8-10-16-14(17-13)19-12-5-3-11(4-6-12)7-9-15/h3-6,8,10H,2,7,9,15H2,1H3. The third-order valence-corrected chi connectivity index (χ3v) is 2.47. The number of nitrogens with two attached hydrogens (primary N) is 1. The van der Waals surface area contributed by atoms with Gasteiger partial charge in [0.15, 0.2) is 0 Å². The molecule has 0 atom stereocenters. The topological polar surface area (TPSA) is 70.3 Å². The van der Waals surface area contributed by atoms with E-state index in [9.17, 15) is 0 Å². The summed E-state index contributed by atoms with van der Waals surface area (Å²) in [6, 6.07) is 9.69. The minimum atomic E-state index is 0.275. The van der Waals surface area contributed by atoms with Crippen molar-refractivity contribution in [2.75, 3.05) is 13.2 Å². The third kappa shape index (κ3) is 3.93. The predicted molar refractivity (Wildman–Crippen MR) is 72.5 cm³/mol. The number of hydrogen-bond donors (Lipinski definition) is 1.